The molecule has 3 aromatic rings. The molecule has 1 aromatic heterocycles. The number of hydrogen-bond acceptors (Lipinski definition) is 5. The van der Waals surface area contributed by atoms with Gasteiger partial charge in [-0.15, -0.1) is 11.3 Å². The summed E-state index contributed by atoms with van der Waals surface area (Å²) in [6.07, 6.45) is 1.66. The van der Waals surface area contributed by atoms with Crippen molar-refractivity contribution >= 4 is 39.7 Å². The van der Waals surface area contributed by atoms with Crippen LogP contribution in [0.15, 0.2) is 66.2 Å². The van der Waals surface area contributed by atoms with Crippen molar-refractivity contribution in [2.45, 2.75) is 6.61 Å². The first kappa shape index (κ1) is 17.1. The Morgan fingerprint density at radius 1 is 1.12 bits per heavy atom. The van der Waals surface area contributed by atoms with Gasteiger partial charge in [0.25, 0.3) is 5.91 Å². The number of nitrogens with one attached hydrogen (secondary N) is 2. The molecule has 0 bridgehead atoms. The molecule has 7 heteroatoms. The van der Waals surface area contributed by atoms with E-state index in [4.69, 9.17) is 17.0 Å². The summed E-state index contributed by atoms with van der Waals surface area (Å²) in [7, 11) is 0. The molecule has 2 N–H and O–H groups in total. The fraction of sp³-hybridized carbons (Fsp3) is 0.0556. The third-order valence-corrected chi connectivity index (χ3v) is 4.14. The molecule has 0 aliphatic rings. The van der Waals surface area contributed by atoms with Crippen molar-refractivity contribution in [3.63, 3.8) is 0 Å². The molecule has 3 rings (SSSR count). The zero-order valence-electron chi connectivity index (χ0n) is 13.1. The number of amides is 1. The van der Waals surface area contributed by atoms with Crippen LogP contribution < -0.4 is 15.4 Å². The summed E-state index contributed by atoms with van der Waals surface area (Å²) in [6, 6.07) is 16.8. The summed E-state index contributed by atoms with van der Waals surface area (Å²) in [5.74, 6) is 0.410. The predicted octanol–water partition coefficient (Wildman–Crippen LogP) is 3.85. The number of ether oxygens (including phenoxy) is 1. The van der Waals surface area contributed by atoms with Crippen molar-refractivity contribution in [2.75, 3.05) is 5.32 Å². The van der Waals surface area contributed by atoms with E-state index in [-0.39, 0.29) is 11.0 Å². The second kappa shape index (κ2) is 8.36. The van der Waals surface area contributed by atoms with Gasteiger partial charge in [-0.05, 0) is 42.0 Å². The van der Waals surface area contributed by atoms with Gasteiger partial charge in [0, 0.05) is 17.1 Å². The van der Waals surface area contributed by atoms with Gasteiger partial charge in [0.2, 0.25) is 0 Å². The largest absolute Gasteiger partial charge is 0.489 e. The number of benzene rings is 2. The Morgan fingerprint density at radius 2 is 1.88 bits per heavy atom. The molecule has 0 saturated heterocycles. The van der Waals surface area contributed by atoms with Crippen LogP contribution in [0.25, 0.3) is 0 Å². The summed E-state index contributed by atoms with van der Waals surface area (Å²) in [5, 5.41) is 8.14. The van der Waals surface area contributed by atoms with E-state index in [0.29, 0.717) is 23.1 Å². The highest BCUT2D eigenvalue weighted by Gasteiger charge is 2.09. The molecule has 0 radical (unpaired) electrons. The van der Waals surface area contributed by atoms with E-state index in [9.17, 15) is 4.79 Å². The molecule has 0 spiro atoms. The van der Waals surface area contributed by atoms with Crippen LogP contribution in [0.5, 0.6) is 5.75 Å². The monoisotopic (exact) mass is 369 g/mol. The minimum atomic E-state index is -0.288. The fourth-order valence-electron chi connectivity index (χ4n) is 2.03. The van der Waals surface area contributed by atoms with E-state index >= 15 is 0 Å². The van der Waals surface area contributed by atoms with Crippen LogP contribution >= 0.6 is 23.6 Å². The van der Waals surface area contributed by atoms with Crippen LogP contribution in [0.4, 0.5) is 5.13 Å². The average molecular weight is 369 g/mol. The quantitative estimate of drug-likeness (QED) is 0.669. The van der Waals surface area contributed by atoms with Crippen molar-refractivity contribution in [1.82, 2.24) is 10.3 Å². The molecule has 0 saturated carbocycles. The van der Waals surface area contributed by atoms with E-state index in [2.05, 4.69) is 15.6 Å². The lowest BCUT2D eigenvalue weighted by molar-refractivity contribution is 0.0977. The number of thiocarbonyl (C=S) groups is 1. The predicted molar refractivity (Wildman–Crippen MR) is 103 cm³/mol. The van der Waals surface area contributed by atoms with Gasteiger partial charge in [0.1, 0.15) is 12.4 Å². The average Bonchev–Trinajstić information content (AvgIpc) is 3.14. The Hall–Kier alpha value is -2.77. The number of nitrogens with zero attached hydrogens (tertiary/aromatic N) is 1. The molecule has 0 aliphatic heterocycles. The van der Waals surface area contributed by atoms with Crippen LogP contribution in [-0.2, 0) is 6.61 Å². The van der Waals surface area contributed by atoms with Gasteiger partial charge in [-0.1, -0.05) is 30.3 Å². The maximum absolute atomic E-state index is 12.2. The van der Waals surface area contributed by atoms with Gasteiger partial charge < -0.3 is 10.1 Å². The second-order valence-corrected chi connectivity index (χ2v) is 6.35. The Morgan fingerprint density at radius 3 is 2.56 bits per heavy atom. The standard InChI is InChI=1S/C18H15N3O2S2/c22-16(20-17(24)21-18-19-10-11-25-18)14-6-8-15(9-7-14)23-12-13-4-2-1-3-5-13/h1-11H,12H2,(H2,19,20,21,22,24). The topological polar surface area (TPSA) is 63.2 Å². The maximum Gasteiger partial charge on any atom is 0.257 e. The zero-order chi connectivity index (χ0) is 17.5. The van der Waals surface area contributed by atoms with Crippen molar-refractivity contribution in [3.05, 3.63) is 77.3 Å². The summed E-state index contributed by atoms with van der Waals surface area (Å²) >= 11 is 6.50. The summed E-state index contributed by atoms with van der Waals surface area (Å²) < 4.78 is 5.70. The van der Waals surface area contributed by atoms with Crippen LogP contribution in [-0.4, -0.2) is 16.0 Å². The van der Waals surface area contributed by atoms with Gasteiger partial charge in [-0.25, -0.2) is 4.98 Å². The minimum Gasteiger partial charge on any atom is -0.489 e. The number of anilines is 1. The molecule has 1 heterocycles. The Balaban J connectivity index is 1.52. The van der Waals surface area contributed by atoms with Gasteiger partial charge in [0.15, 0.2) is 10.2 Å². The van der Waals surface area contributed by atoms with E-state index in [1.807, 2.05) is 35.7 Å². The fourth-order valence-corrected chi connectivity index (χ4v) is 2.82. The maximum atomic E-state index is 12.2. The highest BCUT2D eigenvalue weighted by atomic mass is 32.1. The number of aromatic nitrogens is 1. The van der Waals surface area contributed by atoms with Gasteiger partial charge in [0.05, 0.1) is 0 Å². The summed E-state index contributed by atoms with van der Waals surface area (Å²) in [4.78, 5) is 16.2. The summed E-state index contributed by atoms with van der Waals surface area (Å²) in [6.45, 7) is 0.480. The Bertz CT molecular complexity index is 835. The molecule has 0 atom stereocenters. The van der Waals surface area contributed by atoms with Crippen molar-refractivity contribution in [2.24, 2.45) is 0 Å². The van der Waals surface area contributed by atoms with E-state index in [0.717, 1.165) is 5.56 Å². The molecule has 2 aromatic carbocycles. The Labute approximate surface area is 154 Å². The first-order valence-electron chi connectivity index (χ1n) is 7.49. The number of carbonyl (C=O) groups is 1. The molecule has 126 valence electrons. The molecular formula is C18H15N3O2S2. The van der Waals surface area contributed by atoms with Crippen LogP contribution in [0.2, 0.25) is 0 Å². The smallest absolute Gasteiger partial charge is 0.257 e. The van der Waals surface area contributed by atoms with Crippen LogP contribution in [0.1, 0.15) is 15.9 Å². The SMILES string of the molecule is O=C(NC(=S)Nc1nccs1)c1ccc(OCc2ccccc2)cc1. The number of thiazole rings is 1. The lowest BCUT2D eigenvalue weighted by atomic mass is 10.2. The van der Waals surface area contributed by atoms with Crippen LogP contribution in [0.3, 0.4) is 0 Å². The van der Waals surface area contributed by atoms with E-state index < -0.39 is 0 Å². The number of carbonyl (C=O) groups excluding carboxylic acids is 1. The zero-order valence-corrected chi connectivity index (χ0v) is 14.8. The molecule has 25 heavy (non-hydrogen) atoms. The first-order chi connectivity index (χ1) is 12.2. The molecule has 0 aliphatic carbocycles. The van der Waals surface area contributed by atoms with Crippen LogP contribution in [0, 0.1) is 0 Å². The molecule has 0 unspecified atom stereocenters. The lowest BCUT2D eigenvalue weighted by Crippen LogP contribution is -2.34. The van der Waals surface area contributed by atoms with Crippen molar-refractivity contribution in [3.8, 4) is 5.75 Å². The van der Waals surface area contributed by atoms with Crippen molar-refractivity contribution < 1.29 is 9.53 Å². The molecule has 0 fully saturated rings. The lowest BCUT2D eigenvalue weighted by Gasteiger charge is -2.09. The minimum absolute atomic E-state index is 0.212. The number of hydrogen-bond donors (Lipinski definition) is 2. The van der Waals surface area contributed by atoms with E-state index in [1.165, 1.54) is 11.3 Å². The highest BCUT2D eigenvalue weighted by Crippen LogP contribution is 2.14. The van der Waals surface area contributed by atoms with E-state index in [1.54, 1.807) is 30.5 Å². The Kier molecular flexibility index (Phi) is 5.71. The summed E-state index contributed by atoms with van der Waals surface area (Å²) in [5.41, 5.74) is 1.58. The van der Waals surface area contributed by atoms with Gasteiger partial charge in [-0.2, -0.15) is 0 Å². The highest BCUT2D eigenvalue weighted by molar-refractivity contribution is 7.80. The number of rotatable bonds is 5. The third kappa shape index (κ3) is 5.10. The molecular weight excluding hydrogens is 354 g/mol. The molecule has 5 nitrogen and oxygen atoms in total. The third-order valence-electron chi connectivity index (χ3n) is 3.24. The van der Waals surface area contributed by atoms with Crippen molar-refractivity contribution in [1.29, 1.82) is 0 Å². The van der Waals surface area contributed by atoms with Gasteiger partial charge >= 0.3 is 0 Å². The first-order valence-corrected chi connectivity index (χ1v) is 8.78. The second-order valence-electron chi connectivity index (χ2n) is 5.04. The molecule has 1 amide bonds. The van der Waals surface area contributed by atoms with Gasteiger partial charge in [-0.3, -0.25) is 10.1 Å². The normalized spacial score (nSPS) is 10.1.